The van der Waals surface area contributed by atoms with E-state index in [2.05, 4.69) is 29.2 Å². The number of nitrogens with one attached hydrogen (secondary N) is 1. The van der Waals surface area contributed by atoms with Crippen molar-refractivity contribution >= 4 is 0 Å². The highest BCUT2D eigenvalue weighted by molar-refractivity contribution is 4.82. The average Bonchev–Trinajstić information content (AvgIpc) is 2.33. The Labute approximate surface area is 104 Å². The summed E-state index contributed by atoms with van der Waals surface area (Å²) < 4.78 is 0. The number of nitrogens with zero attached hydrogens (tertiary/aromatic N) is 2. The molecule has 0 bridgehead atoms. The van der Waals surface area contributed by atoms with Crippen molar-refractivity contribution in [3.8, 4) is 0 Å². The van der Waals surface area contributed by atoms with Crippen LogP contribution >= 0.6 is 0 Å². The molecule has 0 aliphatic carbocycles. The molecule has 1 heterocycles. The van der Waals surface area contributed by atoms with Crippen molar-refractivity contribution < 1.29 is 10.2 Å². The second kappa shape index (κ2) is 6.66. The Morgan fingerprint density at radius 2 is 1.88 bits per heavy atom. The maximum atomic E-state index is 9.20. The van der Waals surface area contributed by atoms with Gasteiger partial charge in [-0.3, -0.25) is 4.90 Å². The van der Waals surface area contributed by atoms with Gasteiger partial charge in [-0.15, -0.1) is 0 Å². The predicted molar refractivity (Wildman–Crippen MR) is 69.1 cm³/mol. The van der Waals surface area contributed by atoms with Crippen LogP contribution in [-0.4, -0.2) is 86.1 Å². The molecule has 17 heavy (non-hydrogen) atoms. The maximum absolute atomic E-state index is 9.20. The molecule has 0 spiro atoms. The lowest BCUT2D eigenvalue weighted by Crippen LogP contribution is -2.54. The number of piperazine rings is 1. The van der Waals surface area contributed by atoms with Gasteiger partial charge in [-0.25, -0.2) is 0 Å². The van der Waals surface area contributed by atoms with Crippen molar-refractivity contribution in [3.63, 3.8) is 0 Å². The van der Waals surface area contributed by atoms with Crippen LogP contribution in [0, 0.1) is 5.41 Å². The molecule has 102 valence electrons. The first kappa shape index (κ1) is 14.9. The number of hydrogen-bond donors (Lipinski definition) is 3. The summed E-state index contributed by atoms with van der Waals surface area (Å²) in [6.45, 7) is 6.74. The van der Waals surface area contributed by atoms with Crippen LogP contribution in [-0.2, 0) is 0 Å². The summed E-state index contributed by atoms with van der Waals surface area (Å²) >= 11 is 0. The van der Waals surface area contributed by atoms with E-state index in [-0.39, 0.29) is 13.2 Å². The Balaban J connectivity index is 2.30. The lowest BCUT2D eigenvalue weighted by molar-refractivity contribution is 0.0637. The molecule has 1 rings (SSSR count). The molecule has 0 saturated carbocycles. The highest BCUT2D eigenvalue weighted by atomic mass is 16.3. The average molecular weight is 245 g/mol. The standard InChI is InChI=1S/C12H27N3O2/c1-12(9-16,10-17)8-13-6-11-7-14(2)4-5-15(11)3/h11,13,16-17H,4-10H2,1-3H3. The van der Waals surface area contributed by atoms with Gasteiger partial charge >= 0.3 is 0 Å². The summed E-state index contributed by atoms with van der Waals surface area (Å²) in [5.74, 6) is 0. The van der Waals surface area contributed by atoms with Crippen LogP contribution in [0.25, 0.3) is 0 Å². The fraction of sp³-hybridized carbons (Fsp3) is 1.00. The minimum atomic E-state index is -0.418. The molecule has 0 radical (unpaired) electrons. The van der Waals surface area contributed by atoms with Crippen molar-refractivity contribution in [2.45, 2.75) is 13.0 Å². The van der Waals surface area contributed by atoms with Crippen LogP contribution < -0.4 is 5.32 Å². The molecule has 0 amide bonds. The van der Waals surface area contributed by atoms with Crippen molar-refractivity contribution in [2.75, 3.05) is 60.0 Å². The minimum absolute atomic E-state index is 0.0108. The molecule has 0 aromatic carbocycles. The molecule has 1 saturated heterocycles. The molecule has 1 fully saturated rings. The van der Waals surface area contributed by atoms with Gasteiger partial charge in [-0.2, -0.15) is 0 Å². The highest BCUT2D eigenvalue weighted by Gasteiger charge is 2.25. The van der Waals surface area contributed by atoms with E-state index in [0.29, 0.717) is 12.6 Å². The van der Waals surface area contributed by atoms with Crippen LogP contribution in [0.15, 0.2) is 0 Å². The highest BCUT2D eigenvalue weighted by Crippen LogP contribution is 2.12. The maximum Gasteiger partial charge on any atom is 0.0518 e. The second-order valence-electron chi connectivity index (χ2n) is 5.65. The van der Waals surface area contributed by atoms with Crippen LogP contribution in [0.5, 0.6) is 0 Å². The van der Waals surface area contributed by atoms with Gasteiger partial charge in [0.2, 0.25) is 0 Å². The lowest BCUT2D eigenvalue weighted by atomic mass is 9.93. The summed E-state index contributed by atoms with van der Waals surface area (Å²) in [5, 5.41) is 21.8. The van der Waals surface area contributed by atoms with E-state index in [1.807, 2.05) is 6.92 Å². The van der Waals surface area contributed by atoms with E-state index < -0.39 is 5.41 Å². The van der Waals surface area contributed by atoms with Crippen LogP contribution in [0.2, 0.25) is 0 Å². The van der Waals surface area contributed by atoms with E-state index in [4.69, 9.17) is 0 Å². The number of hydrogen-bond acceptors (Lipinski definition) is 5. The molecule has 1 aliphatic heterocycles. The van der Waals surface area contributed by atoms with E-state index in [9.17, 15) is 10.2 Å². The molecule has 0 aromatic heterocycles. The Hall–Kier alpha value is -0.200. The largest absolute Gasteiger partial charge is 0.396 e. The van der Waals surface area contributed by atoms with Crippen molar-refractivity contribution in [2.24, 2.45) is 5.41 Å². The number of aliphatic hydroxyl groups excluding tert-OH is 2. The van der Waals surface area contributed by atoms with Gasteiger partial charge in [0, 0.05) is 44.2 Å². The fourth-order valence-corrected chi connectivity index (χ4v) is 2.02. The van der Waals surface area contributed by atoms with Gasteiger partial charge in [0.25, 0.3) is 0 Å². The first-order chi connectivity index (χ1) is 8.00. The lowest BCUT2D eigenvalue weighted by Gasteiger charge is -2.38. The van der Waals surface area contributed by atoms with E-state index in [1.54, 1.807) is 0 Å². The van der Waals surface area contributed by atoms with Gasteiger partial charge in [0.15, 0.2) is 0 Å². The zero-order valence-corrected chi connectivity index (χ0v) is 11.3. The van der Waals surface area contributed by atoms with Gasteiger partial charge in [-0.1, -0.05) is 6.92 Å². The monoisotopic (exact) mass is 245 g/mol. The summed E-state index contributed by atoms with van der Waals surface area (Å²) in [6, 6.07) is 0.510. The summed E-state index contributed by atoms with van der Waals surface area (Å²) in [5.41, 5.74) is -0.418. The van der Waals surface area contributed by atoms with Crippen LogP contribution in [0.3, 0.4) is 0 Å². The van der Waals surface area contributed by atoms with Gasteiger partial charge in [0.05, 0.1) is 13.2 Å². The molecule has 5 heteroatoms. The third-order valence-electron chi connectivity index (χ3n) is 3.68. The van der Waals surface area contributed by atoms with E-state index in [1.165, 1.54) is 0 Å². The second-order valence-corrected chi connectivity index (χ2v) is 5.65. The Bertz CT molecular complexity index is 222. The Kier molecular flexibility index (Phi) is 5.82. The van der Waals surface area contributed by atoms with Gasteiger partial charge < -0.3 is 20.4 Å². The number of likely N-dealkylation sites (N-methyl/N-ethyl adjacent to an activating group) is 2. The summed E-state index contributed by atoms with van der Waals surface area (Å²) in [6.07, 6.45) is 0. The van der Waals surface area contributed by atoms with E-state index in [0.717, 1.165) is 26.2 Å². The van der Waals surface area contributed by atoms with Crippen molar-refractivity contribution in [3.05, 3.63) is 0 Å². The molecule has 0 aromatic rings. The van der Waals surface area contributed by atoms with Crippen LogP contribution in [0.4, 0.5) is 0 Å². The normalized spacial score (nSPS) is 24.2. The Morgan fingerprint density at radius 1 is 1.24 bits per heavy atom. The smallest absolute Gasteiger partial charge is 0.0518 e. The molecule has 1 aliphatic rings. The molecule has 5 nitrogen and oxygen atoms in total. The molecule has 3 N–H and O–H groups in total. The number of aliphatic hydroxyl groups is 2. The summed E-state index contributed by atoms with van der Waals surface area (Å²) in [7, 11) is 4.29. The molecular weight excluding hydrogens is 218 g/mol. The third-order valence-corrected chi connectivity index (χ3v) is 3.68. The first-order valence-corrected chi connectivity index (χ1v) is 6.32. The zero-order valence-electron chi connectivity index (χ0n) is 11.3. The third kappa shape index (κ3) is 4.52. The van der Waals surface area contributed by atoms with Crippen molar-refractivity contribution in [1.82, 2.24) is 15.1 Å². The molecule has 1 unspecified atom stereocenters. The SMILES string of the molecule is CN1CCN(C)C(CNCC(C)(CO)CO)C1. The van der Waals surface area contributed by atoms with E-state index >= 15 is 0 Å². The Morgan fingerprint density at radius 3 is 2.47 bits per heavy atom. The van der Waals surface area contributed by atoms with Gasteiger partial charge in [-0.05, 0) is 14.1 Å². The minimum Gasteiger partial charge on any atom is -0.396 e. The summed E-state index contributed by atoms with van der Waals surface area (Å²) in [4.78, 5) is 4.70. The quantitative estimate of drug-likeness (QED) is 0.549. The number of rotatable bonds is 6. The van der Waals surface area contributed by atoms with Crippen LogP contribution in [0.1, 0.15) is 6.92 Å². The zero-order chi connectivity index (χ0) is 12.9. The van der Waals surface area contributed by atoms with Gasteiger partial charge in [0.1, 0.15) is 0 Å². The topological polar surface area (TPSA) is 59.0 Å². The molecule has 1 atom stereocenters. The first-order valence-electron chi connectivity index (χ1n) is 6.32. The predicted octanol–water partition coefficient (Wildman–Crippen LogP) is -1.19. The fourth-order valence-electron chi connectivity index (χ4n) is 2.02. The molecular formula is C12H27N3O2. The van der Waals surface area contributed by atoms with Crippen molar-refractivity contribution in [1.29, 1.82) is 0 Å².